The second-order valence-electron chi connectivity index (χ2n) is 2.41. The number of halogens is 1. The second kappa shape index (κ2) is 4.25. The van der Waals surface area contributed by atoms with Crippen LogP contribution in [0.2, 0.25) is 0 Å². The van der Waals surface area contributed by atoms with Crippen LogP contribution in [0.5, 0.6) is 0 Å². The van der Waals surface area contributed by atoms with Gasteiger partial charge in [0, 0.05) is 0 Å². The fourth-order valence-corrected chi connectivity index (χ4v) is 0.636. The zero-order valence-corrected chi connectivity index (χ0v) is 6.09. The minimum absolute atomic E-state index is 0.0463. The van der Waals surface area contributed by atoms with Crippen molar-refractivity contribution in [2.45, 2.75) is 18.4 Å². The lowest BCUT2D eigenvalue weighted by atomic mass is 9.96. The van der Waals surface area contributed by atoms with E-state index in [2.05, 4.69) is 0 Å². The van der Waals surface area contributed by atoms with Crippen LogP contribution in [0.3, 0.4) is 0 Å². The molecule has 0 aromatic heterocycles. The monoisotopic (exact) mass is 165 g/mol. The highest BCUT2D eigenvalue weighted by Crippen LogP contribution is 2.08. The fraction of sp³-hybridized carbons (Fsp3) is 0.833. The summed E-state index contributed by atoms with van der Waals surface area (Å²) >= 11 is 0. The maximum absolute atomic E-state index is 11.6. The maximum Gasteiger partial charge on any atom is 0.326 e. The molecule has 4 N–H and O–H groups in total. The summed E-state index contributed by atoms with van der Waals surface area (Å²) in [6, 6.07) is 0. The summed E-state index contributed by atoms with van der Waals surface area (Å²) in [7, 11) is 0. The van der Waals surface area contributed by atoms with Crippen LogP contribution in [0.1, 0.15) is 12.8 Å². The van der Waals surface area contributed by atoms with Gasteiger partial charge in [-0.25, -0.2) is 0 Å². The lowest BCUT2D eigenvalue weighted by molar-refractivity contribution is -0.145. The first kappa shape index (κ1) is 10.3. The SMILES string of the molecule is NC(CO)(CCCF)C(=O)O. The molecule has 1 unspecified atom stereocenters. The van der Waals surface area contributed by atoms with Crippen molar-refractivity contribution in [2.75, 3.05) is 13.3 Å². The Morgan fingerprint density at radius 1 is 1.64 bits per heavy atom. The summed E-state index contributed by atoms with van der Waals surface area (Å²) in [4.78, 5) is 10.4. The Hall–Kier alpha value is -0.680. The third-order valence-corrected chi connectivity index (χ3v) is 1.46. The summed E-state index contributed by atoms with van der Waals surface area (Å²) in [6.07, 6.45) is 0.0126. The quantitative estimate of drug-likeness (QED) is 0.513. The number of aliphatic carboxylic acids is 1. The summed E-state index contributed by atoms with van der Waals surface area (Å²) in [5.41, 5.74) is 3.54. The molecule has 0 radical (unpaired) electrons. The van der Waals surface area contributed by atoms with Crippen LogP contribution in [0.15, 0.2) is 0 Å². The minimum Gasteiger partial charge on any atom is -0.480 e. The Morgan fingerprint density at radius 3 is 2.45 bits per heavy atom. The van der Waals surface area contributed by atoms with Crippen molar-refractivity contribution in [3.63, 3.8) is 0 Å². The standard InChI is InChI=1S/C6H12FNO3/c7-3-1-2-6(8,4-9)5(10)11/h9H,1-4,8H2,(H,10,11). The van der Waals surface area contributed by atoms with Crippen LogP contribution in [-0.4, -0.2) is 35.0 Å². The van der Waals surface area contributed by atoms with Gasteiger partial charge < -0.3 is 15.9 Å². The van der Waals surface area contributed by atoms with Gasteiger partial charge in [-0.15, -0.1) is 0 Å². The molecule has 0 aliphatic rings. The normalized spacial score (nSPS) is 15.9. The molecule has 0 aromatic rings. The molecule has 0 spiro atoms. The van der Waals surface area contributed by atoms with Crippen molar-refractivity contribution in [1.82, 2.24) is 0 Å². The molecule has 0 fully saturated rings. The summed E-state index contributed by atoms with van der Waals surface area (Å²) in [5, 5.41) is 17.0. The van der Waals surface area contributed by atoms with Gasteiger partial charge >= 0.3 is 5.97 Å². The van der Waals surface area contributed by atoms with Gasteiger partial charge in [0.05, 0.1) is 13.3 Å². The van der Waals surface area contributed by atoms with E-state index in [4.69, 9.17) is 15.9 Å². The highest BCUT2D eigenvalue weighted by atomic mass is 19.1. The fourth-order valence-electron chi connectivity index (χ4n) is 0.636. The van der Waals surface area contributed by atoms with E-state index in [0.29, 0.717) is 0 Å². The Labute approximate surface area is 63.8 Å². The predicted molar refractivity (Wildman–Crippen MR) is 36.8 cm³/mol. The van der Waals surface area contributed by atoms with Crippen LogP contribution in [0, 0.1) is 0 Å². The number of aliphatic hydroxyl groups is 1. The van der Waals surface area contributed by atoms with E-state index < -0.39 is 24.8 Å². The molecular formula is C6H12FNO3. The van der Waals surface area contributed by atoms with Gasteiger partial charge in [0.25, 0.3) is 0 Å². The molecule has 11 heavy (non-hydrogen) atoms. The van der Waals surface area contributed by atoms with E-state index in [0.717, 1.165) is 0 Å². The third kappa shape index (κ3) is 2.81. The molecule has 5 heteroatoms. The lowest BCUT2D eigenvalue weighted by Gasteiger charge is -2.20. The number of carbonyl (C=O) groups is 1. The van der Waals surface area contributed by atoms with Gasteiger partial charge in [0.2, 0.25) is 0 Å². The van der Waals surface area contributed by atoms with E-state index >= 15 is 0 Å². The molecule has 0 aromatic carbocycles. The van der Waals surface area contributed by atoms with Gasteiger partial charge in [-0.3, -0.25) is 9.18 Å². The first-order valence-corrected chi connectivity index (χ1v) is 3.26. The number of carboxylic acids is 1. The first-order valence-electron chi connectivity index (χ1n) is 3.26. The van der Waals surface area contributed by atoms with E-state index in [1.165, 1.54) is 0 Å². The van der Waals surface area contributed by atoms with E-state index in [-0.39, 0.29) is 12.8 Å². The van der Waals surface area contributed by atoms with Gasteiger partial charge in [-0.2, -0.15) is 0 Å². The number of alkyl halides is 1. The van der Waals surface area contributed by atoms with Crippen molar-refractivity contribution >= 4 is 5.97 Å². The number of rotatable bonds is 5. The molecule has 0 rings (SSSR count). The van der Waals surface area contributed by atoms with Crippen molar-refractivity contribution < 1.29 is 19.4 Å². The lowest BCUT2D eigenvalue weighted by Crippen LogP contribution is -2.51. The molecule has 4 nitrogen and oxygen atoms in total. The Kier molecular flexibility index (Phi) is 3.99. The molecular weight excluding hydrogens is 153 g/mol. The smallest absolute Gasteiger partial charge is 0.326 e. The third-order valence-electron chi connectivity index (χ3n) is 1.46. The van der Waals surface area contributed by atoms with Crippen molar-refractivity contribution in [3.05, 3.63) is 0 Å². The number of hydrogen-bond donors (Lipinski definition) is 3. The molecule has 0 saturated heterocycles. The zero-order chi connectivity index (χ0) is 8.91. The van der Waals surface area contributed by atoms with Crippen LogP contribution in [0.4, 0.5) is 4.39 Å². The van der Waals surface area contributed by atoms with Crippen molar-refractivity contribution in [1.29, 1.82) is 0 Å². The summed E-state index contributed by atoms with van der Waals surface area (Å²) in [6.45, 7) is -1.28. The van der Waals surface area contributed by atoms with E-state index in [1.807, 2.05) is 0 Å². The average Bonchev–Trinajstić information content (AvgIpc) is 2.00. The van der Waals surface area contributed by atoms with E-state index in [1.54, 1.807) is 0 Å². The molecule has 0 aliphatic heterocycles. The number of carboxylic acid groups (broad SMARTS) is 1. The highest BCUT2D eigenvalue weighted by Gasteiger charge is 2.32. The Bertz CT molecular complexity index is 142. The minimum atomic E-state index is -1.67. The van der Waals surface area contributed by atoms with Crippen molar-refractivity contribution in [3.8, 4) is 0 Å². The van der Waals surface area contributed by atoms with E-state index in [9.17, 15) is 9.18 Å². The topological polar surface area (TPSA) is 83.5 Å². The van der Waals surface area contributed by atoms with Gasteiger partial charge in [-0.05, 0) is 12.8 Å². The molecule has 0 bridgehead atoms. The Morgan fingerprint density at radius 2 is 2.18 bits per heavy atom. The molecule has 0 saturated carbocycles. The number of nitrogens with two attached hydrogens (primary N) is 1. The predicted octanol–water partition coefficient (Wildman–Crippen LogP) is -0.490. The van der Waals surface area contributed by atoms with Crippen LogP contribution in [-0.2, 0) is 4.79 Å². The van der Waals surface area contributed by atoms with Crippen molar-refractivity contribution in [2.24, 2.45) is 5.73 Å². The number of aliphatic hydroxyl groups excluding tert-OH is 1. The largest absolute Gasteiger partial charge is 0.480 e. The average molecular weight is 165 g/mol. The maximum atomic E-state index is 11.6. The van der Waals surface area contributed by atoms with Crippen LogP contribution >= 0.6 is 0 Å². The van der Waals surface area contributed by atoms with Crippen LogP contribution < -0.4 is 5.73 Å². The summed E-state index contributed by atoms with van der Waals surface area (Å²) in [5.74, 6) is -1.30. The zero-order valence-electron chi connectivity index (χ0n) is 6.09. The molecule has 0 amide bonds. The first-order chi connectivity index (χ1) is 5.06. The summed E-state index contributed by atoms with van der Waals surface area (Å²) < 4.78 is 11.6. The molecule has 0 aliphatic carbocycles. The molecule has 0 heterocycles. The highest BCUT2D eigenvalue weighted by molar-refractivity contribution is 5.78. The molecule has 66 valence electrons. The number of hydrogen-bond acceptors (Lipinski definition) is 3. The Balaban J connectivity index is 3.99. The molecule has 1 atom stereocenters. The van der Waals surface area contributed by atoms with Crippen LogP contribution in [0.25, 0.3) is 0 Å². The second-order valence-corrected chi connectivity index (χ2v) is 2.41. The van der Waals surface area contributed by atoms with Gasteiger partial charge in [0.15, 0.2) is 0 Å². The van der Waals surface area contributed by atoms with Gasteiger partial charge in [0.1, 0.15) is 5.54 Å². The van der Waals surface area contributed by atoms with Gasteiger partial charge in [-0.1, -0.05) is 0 Å².